The van der Waals surface area contributed by atoms with Crippen molar-refractivity contribution in [2.45, 2.75) is 13.0 Å². The lowest BCUT2D eigenvalue weighted by Gasteiger charge is -2.13. The fourth-order valence-corrected chi connectivity index (χ4v) is 2.58. The Hall–Kier alpha value is -3.29. The lowest BCUT2D eigenvalue weighted by Crippen LogP contribution is -2.37. The number of fused-ring (bicyclic) bond motifs is 1. The largest absolute Gasteiger partial charge is 0.344 e. The average Bonchev–Trinajstić information content (AvgIpc) is 2.64. The molecule has 8 heteroatoms. The van der Waals surface area contributed by atoms with Crippen LogP contribution in [-0.2, 0) is 14.1 Å². The molecule has 0 aliphatic carbocycles. The summed E-state index contributed by atoms with van der Waals surface area (Å²) in [5.74, 6) is -0.372. The van der Waals surface area contributed by atoms with E-state index in [4.69, 9.17) is 0 Å². The first-order chi connectivity index (χ1) is 11.9. The molecule has 1 amide bonds. The van der Waals surface area contributed by atoms with Crippen molar-refractivity contribution >= 4 is 16.9 Å². The number of hydrogen-bond acceptors (Lipinski definition) is 5. The number of pyridine rings is 2. The van der Waals surface area contributed by atoms with Gasteiger partial charge in [-0.15, -0.1) is 0 Å². The second kappa shape index (κ2) is 6.31. The van der Waals surface area contributed by atoms with Gasteiger partial charge in [-0.25, -0.2) is 9.78 Å². The number of rotatable bonds is 3. The number of carbonyl (C=O) groups is 1. The highest BCUT2D eigenvalue weighted by molar-refractivity contribution is 5.96. The molecule has 0 radical (unpaired) electrons. The molecule has 0 saturated carbocycles. The van der Waals surface area contributed by atoms with Crippen molar-refractivity contribution in [3.63, 3.8) is 0 Å². The molecule has 0 saturated heterocycles. The van der Waals surface area contributed by atoms with Crippen LogP contribution in [0.2, 0.25) is 0 Å². The molecule has 128 valence electrons. The number of carbonyl (C=O) groups excluding carboxylic acids is 1. The monoisotopic (exact) mass is 339 g/mol. The van der Waals surface area contributed by atoms with Crippen molar-refractivity contribution in [2.75, 3.05) is 0 Å². The van der Waals surface area contributed by atoms with Crippen molar-refractivity contribution < 1.29 is 4.79 Å². The Morgan fingerprint density at radius 1 is 1.16 bits per heavy atom. The first kappa shape index (κ1) is 16.6. The van der Waals surface area contributed by atoms with Crippen LogP contribution in [-0.4, -0.2) is 25.0 Å². The van der Waals surface area contributed by atoms with E-state index in [1.54, 1.807) is 12.3 Å². The van der Waals surface area contributed by atoms with Gasteiger partial charge in [0.05, 0.1) is 22.7 Å². The van der Waals surface area contributed by atoms with Gasteiger partial charge < -0.3 is 5.32 Å². The summed E-state index contributed by atoms with van der Waals surface area (Å²) in [4.78, 5) is 45.0. The molecular weight excluding hydrogens is 322 g/mol. The highest BCUT2D eigenvalue weighted by Gasteiger charge is 2.16. The summed E-state index contributed by atoms with van der Waals surface area (Å²) in [6, 6.07) is 6.60. The van der Waals surface area contributed by atoms with E-state index in [0.717, 1.165) is 10.3 Å². The van der Waals surface area contributed by atoms with Gasteiger partial charge in [0.1, 0.15) is 5.65 Å². The predicted octanol–water partition coefficient (Wildman–Crippen LogP) is 0.518. The SMILES string of the molecule is CC(NC(=O)c1cnc2c(c1)c(=O)n(C)c(=O)n2C)c1ccccn1. The third-order valence-electron chi connectivity index (χ3n) is 4.03. The minimum Gasteiger partial charge on any atom is -0.344 e. The van der Waals surface area contributed by atoms with Gasteiger partial charge in [-0.05, 0) is 25.1 Å². The zero-order chi connectivity index (χ0) is 18.1. The first-order valence-electron chi connectivity index (χ1n) is 7.67. The van der Waals surface area contributed by atoms with E-state index >= 15 is 0 Å². The molecule has 3 aromatic heterocycles. The predicted molar refractivity (Wildman–Crippen MR) is 92.3 cm³/mol. The third kappa shape index (κ3) is 2.93. The zero-order valence-electron chi connectivity index (χ0n) is 14.1. The van der Waals surface area contributed by atoms with Gasteiger partial charge >= 0.3 is 5.69 Å². The van der Waals surface area contributed by atoms with Crippen LogP contribution >= 0.6 is 0 Å². The fraction of sp³-hybridized carbons (Fsp3) is 0.235. The molecule has 3 heterocycles. The summed E-state index contributed by atoms with van der Waals surface area (Å²) in [5.41, 5.74) is 0.250. The van der Waals surface area contributed by atoms with E-state index in [1.165, 1.54) is 30.9 Å². The molecule has 0 fully saturated rings. The minimum absolute atomic E-state index is 0.211. The molecule has 0 aliphatic rings. The number of nitrogens with zero attached hydrogens (tertiary/aromatic N) is 4. The minimum atomic E-state index is -0.488. The fourth-order valence-electron chi connectivity index (χ4n) is 2.58. The summed E-state index contributed by atoms with van der Waals surface area (Å²) in [5, 5.41) is 3.03. The van der Waals surface area contributed by atoms with Gasteiger partial charge in [0.2, 0.25) is 0 Å². The molecule has 1 N–H and O–H groups in total. The van der Waals surface area contributed by atoms with Crippen molar-refractivity contribution in [2.24, 2.45) is 14.1 Å². The molecule has 8 nitrogen and oxygen atoms in total. The van der Waals surface area contributed by atoms with E-state index in [-0.39, 0.29) is 28.5 Å². The topological polar surface area (TPSA) is 98.9 Å². The van der Waals surface area contributed by atoms with Crippen LogP contribution in [0.5, 0.6) is 0 Å². The molecule has 0 aliphatic heterocycles. The van der Waals surface area contributed by atoms with Gasteiger partial charge in [0.15, 0.2) is 0 Å². The molecule has 3 aromatic rings. The van der Waals surface area contributed by atoms with Crippen molar-refractivity contribution in [3.05, 3.63) is 68.8 Å². The maximum Gasteiger partial charge on any atom is 0.332 e. The average molecular weight is 339 g/mol. The van der Waals surface area contributed by atoms with Crippen LogP contribution < -0.4 is 16.6 Å². The molecule has 0 aromatic carbocycles. The van der Waals surface area contributed by atoms with Crippen molar-refractivity contribution in [1.29, 1.82) is 0 Å². The Morgan fingerprint density at radius 3 is 2.60 bits per heavy atom. The number of hydrogen-bond donors (Lipinski definition) is 1. The highest BCUT2D eigenvalue weighted by Crippen LogP contribution is 2.11. The van der Waals surface area contributed by atoms with Gasteiger partial charge in [0, 0.05) is 26.5 Å². The number of aryl methyl sites for hydroxylation is 1. The normalized spacial score (nSPS) is 12.1. The lowest BCUT2D eigenvalue weighted by atomic mass is 10.1. The van der Waals surface area contributed by atoms with Crippen LogP contribution in [0.25, 0.3) is 11.0 Å². The van der Waals surface area contributed by atoms with Crippen LogP contribution in [0.15, 0.2) is 46.2 Å². The molecule has 3 rings (SSSR count). The molecule has 1 unspecified atom stereocenters. The summed E-state index contributed by atoms with van der Waals surface area (Å²) in [7, 11) is 2.92. The van der Waals surface area contributed by atoms with E-state index in [9.17, 15) is 14.4 Å². The molecule has 1 atom stereocenters. The summed E-state index contributed by atoms with van der Waals surface area (Å²) < 4.78 is 2.26. The summed E-state index contributed by atoms with van der Waals surface area (Å²) in [6.45, 7) is 1.82. The highest BCUT2D eigenvalue weighted by atomic mass is 16.2. The summed E-state index contributed by atoms with van der Waals surface area (Å²) >= 11 is 0. The molecular formula is C17H17N5O3. The molecule has 25 heavy (non-hydrogen) atoms. The Labute approximate surface area is 142 Å². The van der Waals surface area contributed by atoms with E-state index in [0.29, 0.717) is 0 Å². The van der Waals surface area contributed by atoms with Gasteiger partial charge in [-0.2, -0.15) is 0 Å². The molecule has 0 bridgehead atoms. The first-order valence-corrected chi connectivity index (χ1v) is 7.67. The van der Waals surface area contributed by atoms with E-state index in [2.05, 4.69) is 15.3 Å². The van der Waals surface area contributed by atoms with Crippen LogP contribution in [0.3, 0.4) is 0 Å². The lowest BCUT2D eigenvalue weighted by molar-refractivity contribution is 0.0939. The number of amides is 1. The Kier molecular flexibility index (Phi) is 4.18. The number of aromatic nitrogens is 4. The maximum absolute atomic E-state index is 12.5. The van der Waals surface area contributed by atoms with Crippen LogP contribution in [0.4, 0.5) is 0 Å². The molecule has 0 spiro atoms. The van der Waals surface area contributed by atoms with Gasteiger partial charge in [-0.3, -0.25) is 23.7 Å². The Bertz CT molecular complexity index is 1070. The van der Waals surface area contributed by atoms with Crippen LogP contribution in [0, 0.1) is 0 Å². The standard InChI is InChI=1S/C17H17N5O3/c1-10(13-6-4-5-7-18-13)20-15(23)11-8-12-14(19-9-11)21(2)17(25)22(3)16(12)24/h4-10H,1-3H3,(H,20,23). The summed E-state index contributed by atoms with van der Waals surface area (Å²) in [6.07, 6.45) is 3.00. The van der Waals surface area contributed by atoms with Gasteiger partial charge in [0.25, 0.3) is 11.5 Å². The van der Waals surface area contributed by atoms with E-state index in [1.807, 2.05) is 19.1 Å². The maximum atomic E-state index is 12.5. The zero-order valence-corrected chi connectivity index (χ0v) is 14.1. The Balaban J connectivity index is 1.98. The smallest absolute Gasteiger partial charge is 0.332 e. The second-order valence-corrected chi connectivity index (χ2v) is 5.75. The van der Waals surface area contributed by atoms with E-state index < -0.39 is 11.2 Å². The third-order valence-corrected chi connectivity index (χ3v) is 4.03. The second-order valence-electron chi connectivity index (χ2n) is 5.75. The van der Waals surface area contributed by atoms with Gasteiger partial charge in [-0.1, -0.05) is 6.07 Å². The number of nitrogens with one attached hydrogen (secondary N) is 1. The van der Waals surface area contributed by atoms with Crippen molar-refractivity contribution in [1.82, 2.24) is 24.4 Å². The van der Waals surface area contributed by atoms with Crippen molar-refractivity contribution in [3.8, 4) is 0 Å². The van der Waals surface area contributed by atoms with Crippen LogP contribution in [0.1, 0.15) is 29.0 Å². The Morgan fingerprint density at radius 2 is 1.92 bits per heavy atom. The quantitative estimate of drug-likeness (QED) is 0.750.